The van der Waals surface area contributed by atoms with Crippen molar-refractivity contribution in [1.82, 2.24) is 4.31 Å². The highest BCUT2D eigenvalue weighted by Gasteiger charge is 2.37. The molecule has 0 unspecified atom stereocenters. The second-order valence-electron chi connectivity index (χ2n) is 4.29. The Balaban J connectivity index is 2.36. The molecule has 1 aliphatic rings. The van der Waals surface area contributed by atoms with Gasteiger partial charge in [0.25, 0.3) is 0 Å². The minimum Gasteiger partial charge on any atom is -0.506 e. The maximum atomic E-state index is 12.3. The first kappa shape index (κ1) is 13.1. The van der Waals surface area contributed by atoms with Crippen LogP contribution in [0.25, 0.3) is 0 Å². The van der Waals surface area contributed by atoms with Crippen LogP contribution in [0.1, 0.15) is 12.8 Å². The lowest BCUT2D eigenvalue weighted by atomic mass is 10.3. The molecule has 0 aromatic heterocycles. The minimum absolute atomic E-state index is 0.0239. The largest absolute Gasteiger partial charge is 0.506 e. The zero-order valence-corrected chi connectivity index (χ0v) is 10.6. The van der Waals surface area contributed by atoms with Gasteiger partial charge >= 0.3 is 0 Å². The molecule has 18 heavy (non-hydrogen) atoms. The Hall–Kier alpha value is -1.31. The van der Waals surface area contributed by atoms with Crippen LogP contribution >= 0.6 is 0 Å². The number of aromatic hydroxyl groups is 1. The molecule has 0 spiro atoms. The molecule has 7 heteroatoms. The average molecular weight is 272 g/mol. The number of phenols is 1. The van der Waals surface area contributed by atoms with E-state index in [1.54, 1.807) is 0 Å². The van der Waals surface area contributed by atoms with Crippen LogP contribution in [0.2, 0.25) is 0 Å². The minimum atomic E-state index is -3.66. The van der Waals surface area contributed by atoms with Crippen molar-refractivity contribution >= 4 is 15.7 Å². The predicted octanol–water partition coefficient (Wildman–Crippen LogP) is 0.120. The maximum Gasteiger partial charge on any atom is 0.243 e. The maximum absolute atomic E-state index is 12.3. The van der Waals surface area contributed by atoms with E-state index in [1.165, 1.54) is 22.5 Å². The van der Waals surface area contributed by atoms with Gasteiger partial charge in [-0.1, -0.05) is 0 Å². The molecule has 100 valence electrons. The van der Waals surface area contributed by atoms with Gasteiger partial charge in [-0.05, 0) is 31.0 Å². The number of nitrogens with zero attached hydrogens (tertiary/aromatic N) is 1. The summed E-state index contributed by atoms with van der Waals surface area (Å²) in [7, 11) is -3.66. The van der Waals surface area contributed by atoms with E-state index in [1.807, 2.05) is 0 Å². The van der Waals surface area contributed by atoms with Crippen LogP contribution in [-0.4, -0.2) is 42.1 Å². The molecule has 0 bridgehead atoms. The second kappa shape index (κ2) is 4.75. The Morgan fingerprint density at radius 2 is 2.06 bits per heavy atom. The van der Waals surface area contributed by atoms with E-state index in [-0.39, 0.29) is 35.5 Å². The third kappa shape index (κ3) is 2.43. The number of rotatable bonds is 5. The van der Waals surface area contributed by atoms with Gasteiger partial charge in [0.2, 0.25) is 10.0 Å². The van der Waals surface area contributed by atoms with Crippen LogP contribution in [0.5, 0.6) is 5.75 Å². The summed E-state index contributed by atoms with van der Waals surface area (Å²) in [6, 6.07) is 3.77. The summed E-state index contributed by atoms with van der Waals surface area (Å²) >= 11 is 0. The van der Waals surface area contributed by atoms with E-state index in [2.05, 4.69) is 0 Å². The number of aliphatic hydroxyl groups excluding tert-OH is 1. The van der Waals surface area contributed by atoms with Crippen molar-refractivity contribution in [3.05, 3.63) is 18.2 Å². The first-order chi connectivity index (χ1) is 8.46. The first-order valence-corrected chi connectivity index (χ1v) is 7.12. The molecular weight excluding hydrogens is 256 g/mol. The van der Waals surface area contributed by atoms with Crippen LogP contribution in [0.15, 0.2) is 23.1 Å². The molecule has 0 amide bonds. The van der Waals surface area contributed by atoms with Crippen molar-refractivity contribution in [3.63, 3.8) is 0 Å². The Labute approximate surface area is 106 Å². The summed E-state index contributed by atoms with van der Waals surface area (Å²) in [6.45, 7) is -0.142. The molecule has 0 aliphatic heterocycles. The smallest absolute Gasteiger partial charge is 0.243 e. The van der Waals surface area contributed by atoms with Crippen LogP contribution in [0.4, 0.5) is 5.69 Å². The van der Waals surface area contributed by atoms with Gasteiger partial charge in [-0.15, -0.1) is 0 Å². The van der Waals surface area contributed by atoms with Gasteiger partial charge in [0, 0.05) is 12.6 Å². The average Bonchev–Trinajstić information content (AvgIpc) is 3.13. The van der Waals surface area contributed by atoms with E-state index in [0.717, 1.165) is 12.8 Å². The lowest BCUT2D eigenvalue weighted by Gasteiger charge is -2.21. The van der Waals surface area contributed by atoms with Crippen molar-refractivity contribution < 1.29 is 18.6 Å². The third-order valence-corrected chi connectivity index (χ3v) is 4.83. The van der Waals surface area contributed by atoms with Crippen molar-refractivity contribution in [1.29, 1.82) is 0 Å². The monoisotopic (exact) mass is 272 g/mol. The fourth-order valence-electron chi connectivity index (χ4n) is 1.79. The number of hydrogen-bond donors (Lipinski definition) is 3. The van der Waals surface area contributed by atoms with Gasteiger partial charge in [-0.3, -0.25) is 0 Å². The fraction of sp³-hybridized carbons (Fsp3) is 0.455. The Morgan fingerprint density at radius 1 is 1.39 bits per heavy atom. The number of sulfonamides is 1. The SMILES string of the molecule is Nc1cc(S(=O)(=O)N(CCO)C2CC2)ccc1O. The van der Waals surface area contributed by atoms with Gasteiger partial charge in [-0.2, -0.15) is 4.31 Å². The van der Waals surface area contributed by atoms with Gasteiger partial charge in [0.05, 0.1) is 17.2 Å². The summed E-state index contributed by atoms with van der Waals surface area (Å²) in [6.07, 6.45) is 1.62. The standard InChI is InChI=1S/C11H16N2O4S/c12-10-7-9(3-4-11(10)15)18(16,17)13(5-6-14)8-1-2-8/h3-4,7-8,14-15H,1-2,5-6,12H2. The molecule has 0 heterocycles. The molecule has 2 rings (SSSR count). The highest BCUT2D eigenvalue weighted by molar-refractivity contribution is 7.89. The number of anilines is 1. The first-order valence-electron chi connectivity index (χ1n) is 5.68. The van der Waals surface area contributed by atoms with Crippen molar-refractivity contribution in [2.75, 3.05) is 18.9 Å². The highest BCUT2D eigenvalue weighted by Crippen LogP contribution is 2.33. The van der Waals surface area contributed by atoms with E-state index >= 15 is 0 Å². The molecule has 4 N–H and O–H groups in total. The molecule has 1 fully saturated rings. The zero-order valence-electron chi connectivity index (χ0n) is 9.78. The molecule has 1 aromatic rings. The number of nitrogen functional groups attached to an aromatic ring is 1. The summed E-state index contributed by atoms with van der Waals surface area (Å²) in [5.41, 5.74) is 5.52. The number of aliphatic hydroxyl groups is 1. The topological polar surface area (TPSA) is 104 Å². The van der Waals surface area contributed by atoms with Crippen LogP contribution < -0.4 is 5.73 Å². The van der Waals surface area contributed by atoms with Crippen molar-refractivity contribution in [2.45, 2.75) is 23.8 Å². The highest BCUT2D eigenvalue weighted by atomic mass is 32.2. The predicted molar refractivity (Wildman–Crippen MR) is 66.5 cm³/mol. The molecule has 0 atom stereocenters. The molecule has 1 saturated carbocycles. The van der Waals surface area contributed by atoms with E-state index in [4.69, 9.17) is 10.8 Å². The molecular formula is C11H16N2O4S. The van der Waals surface area contributed by atoms with Crippen LogP contribution in [0, 0.1) is 0 Å². The van der Waals surface area contributed by atoms with Crippen LogP contribution in [0.3, 0.4) is 0 Å². The Kier molecular flexibility index (Phi) is 3.47. The molecule has 0 saturated heterocycles. The summed E-state index contributed by atoms with van der Waals surface area (Å²) in [5.74, 6) is -0.144. The lowest BCUT2D eigenvalue weighted by molar-refractivity contribution is 0.250. The molecule has 1 aromatic carbocycles. The Morgan fingerprint density at radius 3 is 2.56 bits per heavy atom. The van der Waals surface area contributed by atoms with Gasteiger partial charge in [-0.25, -0.2) is 8.42 Å². The number of nitrogens with two attached hydrogens (primary N) is 1. The van der Waals surface area contributed by atoms with Gasteiger partial charge in [0.1, 0.15) is 5.75 Å². The normalized spacial score (nSPS) is 16.1. The molecule has 6 nitrogen and oxygen atoms in total. The summed E-state index contributed by atoms with van der Waals surface area (Å²) in [4.78, 5) is 0.0400. The quantitative estimate of drug-likeness (QED) is 0.522. The van der Waals surface area contributed by atoms with Gasteiger partial charge < -0.3 is 15.9 Å². The molecule has 1 aliphatic carbocycles. The van der Waals surface area contributed by atoms with E-state index < -0.39 is 10.0 Å². The van der Waals surface area contributed by atoms with E-state index in [0.29, 0.717) is 0 Å². The number of phenolic OH excluding ortho intramolecular Hbond substituents is 1. The van der Waals surface area contributed by atoms with E-state index in [9.17, 15) is 13.5 Å². The molecule has 0 radical (unpaired) electrons. The lowest BCUT2D eigenvalue weighted by Crippen LogP contribution is -2.35. The summed E-state index contributed by atoms with van der Waals surface area (Å²) in [5, 5.41) is 18.3. The van der Waals surface area contributed by atoms with Gasteiger partial charge in [0.15, 0.2) is 0 Å². The third-order valence-electron chi connectivity index (χ3n) is 2.88. The zero-order chi connectivity index (χ0) is 13.3. The van der Waals surface area contributed by atoms with Crippen molar-refractivity contribution in [3.8, 4) is 5.75 Å². The van der Waals surface area contributed by atoms with Crippen molar-refractivity contribution in [2.24, 2.45) is 0 Å². The number of benzene rings is 1. The van der Waals surface area contributed by atoms with Crippen LogP contribution in [-0.2, 0) is 10.0 Å². The second-order valence-corrected chi connectivity index (χ2v) is 6.18. The number of hydrogen-bond acceptors (Lipinski definition) is 5. The fourth-order valence-corrected chi connectivity index (χ4v) is 3.50. The summed E-state index contributed by atoms with van der Waals surface area (Å²) < 4.78 is 26.0. The Bertz CT molecular complexity index is 540.